The molecule has 0 saturated carbocycles. The number of para-hydroxylation sites is 1. The van der Waals surface area contributed by atoms with E-state index >= 15 is 0 Å². The number of nitrogen functional groups attached to an aromatic ring is 1. The molecule has 1 aliphatic heterocycles. The van der Waals surface area contributed by atoms with Crippen LogP contribution in [0.15, 0.2) is 78.0 Å². The molecule has 4 rings (SSSR count). The van der Waals surface area contributed by atoms with Crippen LogP contribution in [-0.2, 0) is 10.2 Å². The number of hydrogen-bond acceptors (Lipinski definition) is 4. The molecular weight excluding hydrogens is 314 g/mol. The lowest BCUT2D eigenvalue weighted by Gasteiger charge is -2.29. The molecule has 1 heterocycles. The van der Waals surface area contributed by atoms with Crippen molar-refractivity contribution >= 4 is 23.0 Å². The highest BCUT2D eigenvalue weighted by molar-refractivity contribution is 6.11. The van der Waals surface area contributed by atoms with Crippen molar-refractivity contribution < 1.29 is 4.79 Å². The number of nitrogens with two attached hydrogens (primary N) is 1. The zero-order valence-electron chi connectivity index (χ0n) is 13.3. The van der Waals surface area contributed by atoms with Crippen molar-refractivity contribution in [3.63, 3.8) is 0 Å². The Hall–Kier alpha value is -3.47. The third kappa shape index (κ3) is 2.13. The highest BCUT2D eigenvalue weighted by Gasteiger charge is 2.49. The summed E-state index contributed by atoms with van der Waals surface area (Å²) in [5.41, 5.74) is 9.02. The first-order chi connectivity index (χ1) is 12.2. The van der Waals surface area contributed by atoms with Gasteiger partial charge in [-0.05, 0) is 46.6 Å². The van der Waals surface area contributed by atoms with Crippen molar-refractivity contribution in [3.05, 3.63) is 94.4 Å². The van der Waals surface area contributed by atoms with Gasteiger partial charge in [0.25, 0.3) is 0 Å². The van der Waals surface area contributed by atoms with E-state index in [2.05, 4.69) is 10.5 Å². The zero-order chi connectivity index (χ0) is 17.4. The average molecular weight is 329 g/mol. The second kappa shape index (κ2) is 5.56. The Morgan fingerprint density at radius 2 is 1.44 bits per heavy atom. The van der Waals surface area contributed by atoms with Gasteiger partial charge in [-0.3, -0.25) is 4.79 Å². The van der Waals surface area contributed by atoms with Crippen LogP contribution in [0.2, 0.25) is 0 Å². The Kier molecular flexibility index (Phi) is 3.35. The van der Waals surface area contributed by atoms with Crippen LogP contribution in [0.3, 0.4) is 0 Å². The third-order valence-corrected chi connectivity index (χ3v) is 4.67. The van der Waals surface area contributed by atoms with E-state index in [-0.39, 0.29) is 5.91 Å². The van der Waals surface area contributed by atoms with E-state index in [1.807, 2.05) is 36.4 Å². The number of nitroso groups, excluding NO2 is 1. The minimum atomic E-state index is -0.994. The van der Waals surface area contributed by atoms with E-state index in [1.54, 1.807) is 36.4 Å². The van der Waals surface area contributed by atoms with Crippen molar-refractivity contribution in [1.29, 1.82) is 0 Å². The number of amides is 1. The van der Waals surface area contributed by atoms with Crippen molar-refractivity contribution in [2.45, 2.75) is 5.41 Å². The summed E-state index contributed by atoms with van der Waals surface area (Å²) >= 11 is 0. The van der Waals surface area contributed by atoms with Gasteiger partial charge in [-0.15, -0.1) is 4.91 Å². The van der Waals surface area contributed by atoms with Crippen LogP contribution in [0.25, 0.3) is 0 Å². The Labute approximate surface area is 144 Å². The first-order valence-electron chi connectivity index (χ1n) is 7.87. The van der Waals surface area contributed by atoms with Gasteiger partial charge in [0, 0.05) is 16.9 Å². The lowest BCUT2D eigenvalue weighted by Crippen LogP contribution is -2.37. The summed E-state index contributed by atoms with van der Waals surface area (Å²) in [5.74, 6) is -0.134. The monoisotopic (exact) mass is 329 g/mol. The van der Waals surface area contributed by atoms with Crippen LogP contribution in [0.4, 0.5) is 17.1 Å². The highest BCUT2D eigenvalue weighted by Crippen LogP contribution is 2.47. The fraction of sp³-hybridized carbons (Fsp3) is 0.0500. The number of carbonyl (C=O) groups is 1. The molecule has 1 amide bonds. The first kappa shape index (κ1) is 15.1. The topological polar surface area (TPSA) is 84.5 Å². The molecule has 122 valence electrons. The Bertz CT molecular complexity index is 965. The summed E-state index contributed by atoms with van der Waals surface area (Å²) in [6.45, 7) is 0. The van der Waals surface area contributed by atoms with E-state index in [0.29, 0.717) is 11.4 Å². The summed E-state index contributed by atoms with van der Waals surface area (Å²) in [4.78, 5) is 23.9. The smallest absolute Gasteiger partial charge is 0.244 e. The van der Waals surface area contributed by atoms with Crippen molar-refractivity contribution in [3.8, 4) is 0 Å². The van der Waals surface area contributed by atoms with E-state index in [9.17, 15) is 9.70 Å². The molecule has 0 spiro atoms. The number of nitrogens with one attached hydrogen (secondary N) is 1. The fourth-order valence-corrected chi connectivity index (χ4v) is 3.50. The lowest BCUT2D eigenvalue weighted by atomic mass is 9.70. The first-order valence-corrected chi connectivity index (χ1v) is 7.87. The van der Waals surface area contributed by atoms with Crippen LogP contribution in [0.5, 0.6) is 0 Å². The molecular formula is C20H15N3O2. The van der Waals surface area contributed by atoms with Crippen LogP contribution in [0.1, 0.15) is 16.7 Å². The predicted octanol–water partition coefficient (Wildman–Crippen LogP) is 3.95. The van der Waals surface area contributed by atoms with Gasteiger partial charge in [0.2, 0.25) is 5.91 Å². The summed E-state index contributed by atoms with van der Waals surface area (Å²) < 4.78 is 0. The van der Waals surface area contributed by atoms with Crippen LogP contribution in [-0.4, -0.2) is 5.91 Å². The summed E-state index contributed by atoms with van der Waals surface area (Å²) in [6.07, 6.45) is 0. The summed E-state index contributed by atoms with van der Waals surface area (Å²) in [7, 11) is 0. The number of rotatable bonds is 3. The number of anilines is 2. The molecule has 0 aliphatic carbocycles. The SMILES string of the molecule is Nc1ccc(C2(c3ccc(N=O)cc3)C(=O)Nc3ccccc32)cc1. The normalized spacial score (nSPS) is 18.5. The maximum atomic E-state index is 13.2. The van der Waals surface area contributed by atoms with Crippen LogP contribution >= 0.6 is 0 Å². The quantitative estimate of drug-likeness (QED) is 0.563. The summed E-state index contributed by atoms with van der Waals surface area (Å²) in [5, 5.41) is 5.91. The molecule has 1 unspecified atom stereocenters. The maximum Gasteiger partial charge on any atom is 0.244 e. The molecule has 5 heteroatoms. The molecule has 0 aromatic heterocycles. The van der Waals surface area contributed by atoms with E-state index in [0.717, 1.165) is 22.4 Å². The van der Waals surface area contributed by atoms with Crippen molar-refractivity contribution in [2.24, 2.45) is 5.18 Å². The molecule has 3 N–H and O–H groups in total. The van der Waals surface area contributed by atoms with E-state index in [1.165, 1.54) is 0 Å². The lowest BCUT2D eigenvalue weighted by molar-refractivity contribution is -0.118. The van der Waals surface area contributed by atoms with Gasteiger partial charge in [-0.25, -0.2) is 0 Å². The minimum absolute atomic E-state index is 0.134. The molecule has 1 atom stereocenters. The molecule has 0 radical (unpaired) electrons. The third-order valence-electron chi connectivity index (χ3n) is 4.67. The molecule has 25 heavy (non-hydrogen) atoms. The molecule has 0 fully saturated rings. The largest absolute Gasteiger partial charge is 0.399 e. The number of nitrogens with zero attached hydrogens (tertiary/aromatic N) is 1. The zero-order valence-corrected chi connectivity index (χ0v) is 13.3. The van der Waals surface area contributed by atoms with Gasteiger partial charge in [0.15, 0.2) is 0 Å². The van der Waals surface area contributed by atoms with Gasteiger partial charge in [-0.2, -0.15) is 0 Å². The van der Waals surface area contributed by atoms with Crippen molar-refractivity contribution in [2.75, 3.05) is 11.1 Å². The number of fused-ring (bicyclic) bond motifs is 1. The Morgan fingerprint density at radius 1 is 0.840 bits per heavy atom. The van der Waals surface area contributed by atoms with Crippen LogP contribution in [0, 0.1) is 4.91 Å². The molecule has 3 aromatic rings. The minimum Gasteiger partial charge on any atom is -0.399 e. The Morgan fingerprint density at radius 3 is 2.08 bits per heavy atom. The highest BCUT2D eigenvalue weighted by atomic mass is 16.3. The van der Waals surface area contributed by atoms with Gasteiger partial charge < -0.3 is 11.1 Å². The molecule has 0 saturated heterocycles. The van der Waals surface area contributed by atoms with Crippen LogP contribution < -0.4 is 11.1 Å². The molecule has 5 nitrogen and oxygen atoms in total. The fourth-order valence-electron chi connectivity index (χ4n) is 3.50. The standard InChI is InChI=1S/C20H15N3O2/c21-15-9-5-13(6-10-15)20(14-7-11-16(23-25)12-8-14)17-3-1-2-4-18(17)22-19(20)24/h1-12H,21H2,(H,22,24). The molecule has 3 aromatic carbocycles. The maximum absolute atomic E-state index is 13.2. The predicted molar refractivity (Wildman–Crippen MR) is 97.7 cm³/mol. The van der Waals surface area contributed by atoms with Crippen molar-refractivity contribution in [1.82, 2.24) is 0 Å². The van der Waals surface area contributed by atoms with E-state index in [4.69, 9.17) is 5.73 Å². The van der Waals surface area contributed by atoms with Gasteiger partial charge in [0.05, 0.1) is 0 Å². The second-order valence-corrected chi connectivity index (χ2v) is 6.01. The van der Waals surface area contributed by atoms with Gasteiger partial charge in [-0.1, -0.05) is 42.5 Å². The molecule has 1 aliphatic rings. The van der Waals surface area contributed by atoms with Gasteiger partial charge in [0.1, 0.15) is 11.1 Å². The van der Waals surface area contributed by atoms with Gasteiger partial charge >= 0.3 is 0 Å². The average Bonchev–Trinajstić information content (AvgIpc) is 2.95. The number of benzene rings is 3. The second-order valence-electron chi connectivity index (χ2n) is 6.01. The number of hydrogen-bond donors (Lipinski definition) is 2. The Balaban J connectivity index is 2.03. The molecule has 0 bridgehead atoms. The summed E-state index contributed by atoms with van der Waals surface area (Å²) in [6, 6.07) is 21.7. The number of carbonyl (C=O) groups excluding carboxylic acids is 1. The van der Waals surface area contributed by atoms with E-state index < -0.39 is 5.41 Å².